The quantitative estimate of drug-likeness (QED) is 0.229. The van der Waals surface area contributed by atoms with Crippen LogP contribution in [-0.4, -0.2) is 15.0 Å². The minimum atomic E-state index is 0.133. The smallest absolute Gasteiger partial charge is 0.163 e. The van der Waals surface area contributed by atoms with Crippen molar-refractivity contribution < 1.29 is 4.74 Å². The summed E-state index contributed by atoms with van der Waals surface area (Å²) < 4.78 is 6.29. The Labute approximate surface area is 238 Å². The lowest BCUT2D eigenvalue weighted by atomic mass is 9.90. The van der Waals surface area contributed by atoms with E-state index >= 15 is 0 Å². The third kappa shape index (κ3) is 4.12. The largest absolute Gasteiger partial charge is 0.456 e. The number of benzene rings is 5. The number of hydrogen-bond donors (Lipinski definition) is 0. The minimum Gasteiger partial charge on any atom is -0.456 e. The summed E-state index contributed by atoms with van der Waals surface area (Å²) in [6.07, 6.45) is 9.35. The maximum absolute atomic E-state index is 6.29. The van der Waals surface area contributed by atoms with Gasteiger partial charge < -0.3 is 4.74 Å². The van der Waals surface area contributed by atoms with Crippen LogP contribution in [0.5, 0.6) is 11.5 Å². The Kier molecular flexibility index (Phi) is 5.56. The Morgan fingerprint density at radius 3 is 2.07 bits per heavy atom. The highest BCUT2D eigenvalue weighted by atomic mass is 16.5. The summed E-state index contributed by atoms with van der Waals surface area (Å²) in [6.45, 7) is 0. The van der Waals surface area contributed by atoms with Gasteiger partial charge in [-0.15, -0.1) is 0 Å². The fourth-order valence-corrected chi connectivity index (χ4v) is 5.81. The number of para-hydroxylation sites is 1. The summed E-state index contributed by atoms with van der Waals surface area (Å²) in [7, 11) is 0. The molecule has 2 aliphatic rings. The van der Waals surface area contributed by atoms with Crippen LogP contribution in [-0.2, 0) is 0 Å². The Balaban J connectivity index is 1.21. The average Bonchev–Trinajstić information content (AvgIpc) is 3.06. The van der Waals surface area contributed by atoms with Crippen molar-refractivity contribution in [3.8, 4) is 56.5 Å². The monoisotopic (exact) mass is 527 g/mol. The van der Waals surface area contributed by atoms with Crippen molar-refractivity contribution in [2.75, 3.05) is 0 Å². The van der Waals surface area contributed by atoms with Gasteiger partial charge in [0.15, 0.2) is 11.6 Å². The lowest BCUT2D eigenvalue weighted by Gasteiger charge is -2.22. The van der Waals surface area contributed by atoms with Crippen LogP contribution in [0.15, 0.2) is 133 Å². The average molecular weight is 528 g/mol. The number of rotatable bonds is 4. The van der Waals surface area contributed by atoms with Gasteiger partial charge in [0, 0.05) is 28.0 Å². The first-order chi connectivity index (χ1) is 20.3. The van der Waals surface area contributed by atoms with Crippen LogP contribution in [0, 0.1) is 0 Å². The highest BCUT2D eigenvalue weighted by molar-refractivity contribution is 6.09. The van der Waals surface area contributed by atoms with Gasteiger partial charge in [0.05, 0.1) is 0 Å². The first-order valence-corrected chi connectivity index (χ1v) is 13.9. The molecule has 194 valence electrons. The van der Waals surface area contributed by atoms with Crippen molar-refractivity contribution in [2.45, 2.75) is 12.3 Å². The van der Waals surface area contributed by atoms with Crippen molar-refractivity contribution in [3.63, 3.8) is 0 Å². The number of fused-ring (bicyclic) bond motifs is 2. The first kappa shape index (κ1) is 23.5. The molecule has 0 N–H and O–H groups in total. The molecule has 1 aromatic heterocycles. The van der Waals surface area contributed by atoms with Gasteiger partial charge in [0.1, 0.15) is 17.3 Å². The van der Waals surface area contributed by atoms with Crippen molar-refractivity contribution >= 4 is 10.8 Å². The SMILES string of the molecule is C1=CCC(c2nc(-c3ccccc3)nc(-c3ccc(-c4ccc5c6c(cccc46)-c4ccccc4O5)cc3)n2)C=C1. The standard InChI is InChI=1S/C37H25N3O/c1-3-10-25(11-4-1)35-38-36(26-12-5-2-6-13-26)40-37(39-35)27-20-18-24(19-21-27)28-22-23-33-34-30(28)15-9-16-31(34)29-14-7-8-17-32(29)41-33/h1-12,14-23,26H,13H2. The molecule has 1 aliphatic carbocycles. The molecule has 6 aromatic rings. The molecular formula is C37H25N3O. The Bertz CT molecular complexity index is 1990. The highest BCUT2D eigenvalue weighted by Gasteiger charge is 2.21. The summed E-state index contributed by atoms with van der Waals surface area (Å²) >= 11 is 0. The van der Waals surface area contributed by atoms with E-state index in [0.29, 0.717) is 11.6 Å². The topological polar surface area (TPSA) is 47.9 Å². The molecule has 0 spiro atoms. The van der Waals surface area contributed by atoms with Gasteiger partial charge in [-0.2, -0.15) is 0 Å². The fourth-order valence-electron chi connectivity index (χ4n) is 5.81. The molecule has 0 saturated heterocycles. The lowest BCUT2D eigenvalue weighted by Crippen LogP contribution is -2.07. The zero-order valence-electron chi connectivity index (χ0n) is 22.2. The first-order valence-electron chi connectivity index (χ1n) is 13.9. The molecular weight excluding hydrogens is 502 g/mol. The van der Waals surface area contributed by atoms with Crippen molar-refractivity contribution in [3.05, 3.63) is 139 Å². The van der Waals surface area contributed by atoms with Crippen LogP contribution >= 0.6 is 0 Å². The Morgan fingerprint density at radius 1 is 0.537 bits per heavy atom. The Morgan fingerprint density at radius 2 is 1.27 bits per heavy atom. The highest BCUT2D eigenvalue weighted by Crippen LogP contribution is 2.48. The number of nitrogens with zero attached hydrogens (tertiary/aromatic N) is 3. The maximum atomic E-state index is 6.29. The third-order valence-electron chi connectivity index (χ3n) is 7.85. The summed E-state index contributed by atoms with van der Waals surface area (Å²) in [5.74, 6) is 4.10. The lowest BCUT2D eigenvalue weighted by molar-refractivity contribution is 0.487. The van der Waals surface area contributed by atoms with Crippen LogP contribution in [0.1, 0.15) is 18.2 Å². The molecule has 0 saturated carbocycles. The van der Waals surface area contributed by atoms with Crippen LogP contribution < -0.4 is 4.74 Å². The van der Waals surface area contributed by atoms with E-state index < -0.39 is 0 Å². The van der Waals surface area contributed by atoms with Gasteiger partial charge in [-0.1, -0.05) is 121 Å². The van der Waals surface area contributed by atoms with Gasteiger partial charge in [-0.25, -0.2) is 15.0 Å². The number of aromatic nitrogens is 3. The maximum Gasteiger partial charge on any atom is 0.163 e. The number of ether oxygens (including phenoxy) is 1. The van der Waals surface area contributed by atoms with E-state index in [1.54, 1.807) is 0 Å². The van der Waals surface area contributed by atoms with E-state index in [1.165, 1.54) is 16.5 Å². The van der Waals surface area contributed by atoms with Gasteiger partial charge in [-0.3, -0.25) is 0 Å². The third-order valence-corrected chi connectivity index (χ3v) is 7.85. The van der Waals surface area contributed by atoms with Crippen LogP contribution in [0.3, 0.4) is 0 Å². The van der Waals surface area contributed by atoms with Crippen LogP contribution in [0.25, 0.3) is 55.8 Å². The van der Waals surface area contributed by atoms with Gasteiger partial charge in [-0.05, 0) is 40.6 Å². The molecule has 4 heteroatoms. The molecule has 1 atom stereocenters. The number of allylic oxidation sites excluding steroid dienone is 4. The van der Waals surface area contributed by atoms with Gasteiger partial charge in [0.2, 0.25) is 0 Å². The zero-order chi connectivity index (χ0) is 27.2. The molecule has 8 rings (SSSR count). The molecule has 2 heterocycles. The molecule has 4 nitrogen and oxygen atoms in total. The van der Waals surface area contributed by atoms with E-state index in [1.807, 2.05) is 42.5 Å². The summed E-state index contributed by atoms with van der Waals surface area (Å²) in [5, 5.41) is 2.32. The molecule has 1 aliphatic heterocycles. The molecule has 0 radical (unpaired) electrons. The molecule has 0 fully saturated rings. The van der Waals surface area contributed by atoms with E-state index in [2.05, 4.69) is 91.0 Å². The zero-order valence-corrected chi connectivity index (χ0v) is 22.2. The van der Waals surface area contributed by atoms with Crippen molar-refractivity contribution in [1.29, 1.82) is 0 Å². The number of hydrogen-bond acceptors (Lipinski definition) is 4. The normalized spacial score (nSPS) is 15.0. The van der Waals surface area contributed by atoms with Gasteiger partial charge >= 0.3 is 0 Å². The van der Waals surface area contributed by atoms with E-state index in [-0.39, 0.29) is 5.92 Å². The van der Waals surface area contributed by atoms with Crippen molar-refractivity contribution in [1.82, 2.24) is 15.0 Å². The second-order valence-corrected chi connectivity index (χ2v) is 10.4. The second-order valence-electron chi connectivity index (χ2n) is 10.4. The summed E-state index contributed by atoms with van der Waals surface area (Å²) in [4.78, 5) is 14.7. The molecule has 5 aromatic carbocycles. The Hall–Kier alpha value is -5.35. The van der Waals surface area contributed by atoms with Crippen LogP contribution in [0.2, 0.25) is 0 Å². The molecule has 0 bridgehead atoms. The fraction of sp³-hybridized carbons (Fsp3) is 0.0541. The predicted octanol–water partition coefficient (Wildman–Crippen LogP) is 9.40. The summed E-state index contributed by atoms with van der Waals surface area (Å²) in [5.41, 5.74) is 6.58. The molecule has 1 unspecified atom stereocenters. The van der Waals surface area contributed by atoms with E-state index in [9.17, 15) is 0 Å². The van der Waals surface area contributed by atoms with Gasteiger partial charge in [0.25, 0.3) is 0 Å². The molecule has 0 amide bonds. The molecule has 41 heavy (non-hydrogen) atoms. The predicted molar refractivity (Wildman–Crippen MR) is 165 cm³/mol. The van der Waals surface area contributed by atoms with E-state index in [4.69, 9.17) is 19.7 Å². The minimum absolute atomic E-state index is 0.133. The second kappa shape index (κ2) is 9.68. The van der Waals surface area contributed by atoms with Crippen LogP contribution in [0.4, 0.5) is 0 Å². The van der Waals surface area contributed by atoms with E-state index in [0.717, 1.165) is 51.4 Å². The van der Waals surface area contributed by atoms with Crippen molar-refractivity contribution in [2.24, 2.45) is 0 Å². The summed E-state index contributed by atoms with van der Waals surface area (Å²) in [6, 6.07) is 37.6.